The lowest BCUT2D eigenvalue weighted by Crippen LogP contribution is -2.49. The quantitative estimate of drug-likeness (QED) is 0.801. The van der Waals surface area contributed by atoms with Gasteiger partial charge in [-0.1, -0.05) is 0 Å². The highest BCUT2D eigenvalue weighted by molar-refractivity contribution is 5.85. The van der Waals surface area contributed by atoms with E-state index in [4.69, 9.17) is 5.73 Å². The fourth-order valence-corrected chi connectivity index (χ4v) is 2.55. The predicted octanol–water partition coefficient (Wildman–Crippen LogP) is 1.95. The van der Waals surface area contributed by atoms with Crippen molar-refractivity contribution in [3.05, 3.63) is 0 Å². The smallest absolute Gasteiger partial charge is 0.342 e. The summed E-state index contributed by atoms with van der Waals surface area (Å²) in [5.74, 6) is -1.30. The molecule has 0 aromatic heterocycles. The summed E-state index contributed by atoms with van der Waals surface area (Å²) in [6.45, 7) is 0.462. The molecule has 1 saturated heterocycles. The van der Waals surface area contributed by atoms with Gasteiger partial charge in [-0.25, -0.2) is 0 Å². The minimum absolute atomic E-state index is 0. The zero-order valence-corrected chi connectivity index (χ0v) is 10.8. The highest BCUT2D eigenvalue weighted by Crippen LogP contribution is 2.35. The molecule has 1 heterocycles. The van der Waals surface area contributed by atoms with Crippen LogP contribution in [-0.4, -0.2) is 36.1 Å². The molecule has 3 nitrogen and oxygen atoms in total. The van der Waals surface area contributed by atoms with Gasteiger partial charge in [0.2, 0.25) is 5.91 Å². The molecule has 1 saturated carbocycles. The van der Waals surface area contributed by atoms with Crippen LogP contribution in [0.2, 0.25) is 0 Å². The molecule has 0 unspecified atom stereocenters. The number of alkyl halides is 3. The Balaban J connectivity index is 0.00000162. The van der Waals surface area contributed by atoms with E-state index in [-0.39, 0.29) is 56.2 Å². The summed E-state index contributed by atoms with van der Waals surface area (Å²) in [6.07, 6.45) is -2.69. The molecule has 0 bridgehead atoms. The zero-order valence-electron chi connectivity index (χ0n) is 9.95. The van der Waals surface area contributed by atoms with Crippen LogP contribution in [0.3, 0.4) is 0 Å². The number of piperidine rings is 1. The largest absolute Gasteiger partial charge is 0.391 e. The van der Waals surface area contributed by atoms with Crippen molar-refractivity contribution in [2.45, 2.75) is 37.9 Å². The topological polar surface area (TPSA) is 46.3 Å². The second kappa shape index (κ2) is 5.65. The zero-order chi connectivity index (χ0) is 12.6. The Morgan fingerprint density at radius 1 is 1.17 bits per heavy atom. The van der Waals surface area contributed by atoms with Gasteiger partial charge in [0.15, 0.2) is 0 Å². The summed E-state index contributed by atoms with van der Waals surface area (Å²) in [5.41, 5.74) is 5.60. The average Bonchev–Trinajstić information content (AvgIpc) is 2.23. The minimum Gasteiger partial charge on any atom is -0.342 e. The second-order valence-corrected chi connectivity index (χ2v) is 5.07. The fourth-order valence-electron chi connectivity index (χ4n) is 2.55. The highest BCUT2D eigenvalue weighted by Gasteiger charge is 2.43. The maximum absolute atomic E-state index is 12.4. The molecule has 2 fully saturated rings. The van der Waals surface area contributed by atoms with Crippen molar-refractivity contribution in [1.29, 1.82) is 0 Å². The van der Waals surface area contributed by atoms with Crippen LogP contribution in [0, 0.1) is 11.8 Å². The molecule has 0 aromatic carbocycles. The standard InChI is InChI=1S/C11H17F3N2O.ClH/c12-11(13,14)8-1-3-16(4-2-8)10(17)7-5-9(15)6-7;/h7-9H,1-6,15H2;1H. The lowest BCUT2D eigenvalue weighted by molar-refractivity contribution is -0.187. The number of carbonyl (C=O) groups is 1. The molecule has 0 spiro atoms. The van der Waals surface area contributed by atoms with Gasteiger partial charge in [-0.3, -0.25) is 4.79 Å². The van der Waals surface area contributed by atoms with Crippen LogP contribution in [0.5, 0.6) is 0 Å². The van der Waals surface area contributed by atoms with Crippen molar-refractivity contribution in [3.63, 3.8) is 0 Å². The molecule has 0 atom stereocenters. The first kappa shape index (κ1) is 15.6. The molecule has 106 valence electrons. The van der Waals surface area contributed by atoms with Crippen LogP contribution < -0.4 is 5.73 Å². The SMILES string of the molecule is Cl.NC1CC(C(=O)N2CCC(C(F)(F)F)CC2)C1. The van der Waals surface area contributed by atoms with Gasteiger partial charge in [0.05, 0.1) is 5.92 Å². The lowest BCUT2D eigenvalue weighted by Gasteiger charge is -2.39. The second-order valence-electron chi connectivity index (χ2n) is 5.07. The van der Waals surface area contributed by atoms with Gasteiger partial charge >= 0.3 is 6.18 Å². The first-order valence-corrected chi connectivity index (χ1v) is 5.99. The van der Waals surface area contributed by atoms with E-state index >= 15 is 0 Å². The van der Waals surface area contributed by atoms with E-state index in [1.54, 1.807) is 4.90 Å². The maximum Gasteiger partial charge on any atom is 0.391 e. The van der Waals surface area contributed by atoms with Crippen molar-refractivity contribution >= 4 is 18.3 Å². The molecule has 2 aliphatic rings. The maximum atomic E-state index is 12.4. The third kappa shape index (κ3) is 3.29. The van der Waals surface area contributed by atoms with Crippen LogP contribution in [0.1, 0.15) is 25.7 Å². The Kier molecular flexibility index (Phi) is 4.89. The van der Waals surface area contributed by atoms with Gasteiger partial charge in [0.1, 0.15) is 0 Å². The third-order valence-electron chi connectivity index (χ3n) is 3.79. The normalized spacial score (nSPS) is 29.4. The summed E-state index contributed by atoms with van der Waals surface area (Å²) in [6, 6.07) is 0.0941. The summed E-state index contributed by atoms with van der Waals surface area (Å²) in [7, 11) is 0. The van der Waals surface area contributed by atoms with Crippen molar-refractivity contribution in [2.24, 2.45) is 17.6 Å². The van der Waals surface area contributed by atoms with E-state index in [9.17, 15) is 18.0 Å². The molecule has 2 N–H and O–H groups in total. The molecule has 1 aliphatic heterocycles. The van der Waals surface area contributed by atoms with Gasteiger partial charge in [-0.2, -0.15) is 13.2 Å². The molecule has 0 aromatic rings. The van der Waals surface area contributed by atoms with Crippen LogP contribution in [0.25, 0.3) is 0 Å². The Morgan fingerprint density at radius 3 is 2.06 bits per heavy atom. The number of amides is 1. The minimum atomic E-state index is -4.12. The number of likely N-dealkylation sites (tertiary alicyclic amines) is 1. The van der Waals surface area contributed by atoms with Gasteiger partial charge in [-0.15, -0.1) is 12.4 Å². The van der Waals surface area contributed by atoms with Gasteiger partial charge in [0, 0.05) is 25.0 Å². The van der Waals surface area contributed by atoms with Crippen molar-refractivity contribution in [1.82, 2.24) is 4.90 Å². The molecule has 18 heavy (non-hydrogen) atoms. The molecule has 1 amide bonds. The summed E-state index contributed by atoms with van der Waals surface area (Å²) >= 11 is 0. The Bertz CT molecular complexity index is 297. The number of hydrogen-bond acceptors (Lipinski definition) is 2. The molecular formula is C11H18ClF3N2O. The van der Waals surface area contributed by atoms with Crippen molar-refractivity contribution in [2.75, 3.05) is 13.1 Å². The predicted molar refractivity (Wildman–Crippen MR) is 63.3 cm³/mol. The third-order valence-corrected chi connectivity index (χ3v) is 3.79. The lowest BCUT2D eigenvalue weighted by atomic mass is 9.79. The van der Waals surface area contributed by atoms with Crippen LogP contribution in [0.4, 0.5) is 13.2 Å². The number of carbonyl (C=O) groups excluding carboxylic acids is 1. The Morgan fingerprint density at radius 2 is 1.67 bits per heavy atom. The summed E-state index contributed by atoms with van der Waals surface area (Å²) < 4.78 is 37.3. The van der Waals surface area contributed by atoms with E-state index in [2.05, 4.69) is 0 Å². The van der Waals surface area contributed by atoms with E-state index in [1.165, 1.54) is 0 Å². The number of halogens is 4. The average molecular weight is 287 g/mol. The fraction of sp³-hybridized carbons (Fsp3) is 0.909. The molecule has 1 aliphatic carbocycles. The van der Waals surface area contributed by atoms with Crippen LogP contribution in [0.15, 0.2) is 0 Å². The van der Waals surface area contributed by atoms with Gasteiger partial charge in [0.25, 0.3) is 0 Å². The van der Waals surface area contributed by atoms with Crippen molar-refractivity contribution in [3.8, 4) is 0 Å². The number of nitrogens with zero attached hydrogens (tertiary/aromatic N) is 1. The Hall–Kier alpha value is -0.490. The molecular weight excluding hydrogens is 269 g/mol. The van der Waals surface area contributed by atoms with Gasteiger partial charge in [-0.05, 0) is 25.7 Å². The molecule has 2 rings (SSSR count). The van der Waals surface area contributed by atoms with Crippen LogP contribution in [-0.2, 0) is 4.79 Å². The summed E-state index contributed by atoms with van der Waals surface area (Å²) in [4.78, 5) is 13.4. The van der Waals surface area contributed by atoms with Gasteiger partial charge < -0.3 is 10.6 Å². The van der Waals surface area contributed by atoms with E-state index in [1.807, 2.05) is 0 Å². The van der Waals surface area contributed by atoms with E-state index in [0.29, 0.717) is 12.8 Å². The molecule has 7 heteroatoms. The molecule has 0 radical (unpaired) electrons. The Labute approximate surface area is 110 Å². The first-order chi connectivity index (χ1) is 7.88. The monoisotopic (exact) mass is 286 g/mol. The van der Waals surface area contributed by atoms with Crippen molar-refractivity contribution < 1.29 is 18.0 Å². The van der Waals surface area contributed by atoms with E-state index in [0.717, 1.165) is 0 Å². The number of rotatable bonds is 1. The van der Waals surface area contributed by atoms with E-state index < -0.39 is 12.1 Å². The number of nitrogens with two attached hydrogens (primary N) is 1. The van der Waals surface area contributed by atoms with Crippen LogP contribution >= 0.6 is 12.4 Å². The highest BCUT2D eigenvalue weighted by atomic mass is 35.5. The number of hydrogen-bond donors (Lipinski definition) is 1. The first-order valence-electron chi connectivity index (χ1n) is 5.99. The summed E-state index contributed by atoms with van der Waals surface area (Å²) in [5, 5.41) is 0.